The summed E-state index contributed by atoms with van der Waals surface area (Å²) >= 11 is 0. The first-order chi connectivity index (χ1) is 18.1. The first kappa shape index (κ1) is 54.0. The van der Waals surface area contributed by atoms with Crippen molar-refractivity contribution in [3.8, 4) is 0 Å². The molecule has 0 aromatic heterocycles. The molecule has 20 nitrogen and oxygen atoms in total. The van der Waals surface area contributed by atoms with Crippen molar-refractivity contribution in [2.45, 2.75) is 64.2 Å². The second-order valence-electron chi connectivity index (χ2n) is 6.22. The van der Waals surface area contributed by atoms with E-state index in [-0.39, 0.29) is 37.1 Å². The molecule has 22 heteroatoms. The minimum atomic E-state index is -1.37. The van der Waals surface area contributed by atoms with E-state index >= 15 is 0 Å². The Hall–Kier alpha value is -4.13. The molecule has 0 amide bonds. The molecule has 0 unspecified atom stereocenters. The Morgan fingerprint density at radius 1 is 0.214 bits per heavy atom. The van der Waals surface area contributed by atoms with Crippen molar-refractivity contribution in [3.63, 3.8) is 0 Å². The zero-order valence-electron chi connectivity index (χ0n) is 21.1. The fourth-order valence-electron chi connectivity index (χ4n) is 1.02. The Bertz CT molecular complexity index is 637. The van der Waals surface area contributed by atoms with Gasteiger partial charge in [-0.2, -0.15) is 0 Å². The predicted octanol–water partition coefficient (Wildman–Crippen LogP) is -13.7. The summed E-state index contributed by atoms with van der Waals surface area (Å²) in [6, 6.07) is 0. The molecule has 0 heterocycles. The molecule has 42 heavy (non-hydrogen) atoms. The van der Waals surface area contributed by atoms with Crippen molar-refractivity contribution in [1.82, 2.24) is 0 Å². The van der Waals surface area contributed by atoms with Gasteiger partial charge in [0.2, 0.25) is 0 Å². The van der Waals surface area contributed by atoms with E-state index in [4.69, 9.17) is 0 Å². The van der Waals surface area contributed by atoms with Gasteiger partial charge in [0.15, 0.2) is 0 Å². The predicted molar refractivity (Wildman–Crippen MR) is 96.2 cm³/mol. The van der Waals surface area contributed by atoms with E-state index in [1.165, 1.54) is 0 Å². The standard InChI is InChI=1S/5C4H6O4.2V/c5*5-3(6)1-2-4(7)8;;/h5*1-2H2,(H,5,6)(H,7,8);;/q;;;;;2*+5/p-10. The number of aliphatic carboxylic acids is 10. The molecular formula is C20H20O20V2. The van der Waals surface area contributed by atoms with Gasteiger partial charge in [0.1, 0.15) is 0 Å². The number of carboxylic acid groups (broad SMARTS) is 10. The summed E-state index contributed by atoms with van der Waals surface area (Å²) < 4.78 is 0. The monoisotopic (exact) mass is 682 g/mol. The van der Waals surface area contributed by atoms with Crippen LogP contribution in [0, 0.1) is 0 Å². The maximum absolute atomic E-state index is 9.50. The van der Waals surface area contributed by atoms with Crippen LogP contribution >= 0.6 is 0 Å². The SMILES string of the molecule is O=C([O-])CCC(=O)[O-].O=C([O-])CCC(=O)[O-].O=C([O-])CCC(=O)[O-].O=C([O-])CCC(=O)[O-].O=C([O-])CCC(=O)[O-].[V+5].[V+5]. The summed E-state index contributed by atoms with van der Waals surface area (Å²) in [5, 5.41) is 95.0. The largest absolute Gasteiger partial charge is 5.00 e. The summed E-state index contributed by atoms with van der Waals surface area (Å²) in [6.45, 7) is 0. The topological polar surface area (TPSA) is 401 Å². The number of hydrogen-bond acceptors (Lipinski definition) is 20. The molecule has 0 saturated heterocycles. The molecule has 230 valence electrons. The third kappa shape index (κ3) is 100. The summed E-state index contributed by atoms with van der Waals surface area (Å²) in [5.74, 6) is -13.7. The van der Waals surface area contributed by atoms with E-state index in [2.05, 4.69) is 0 Å². The Balaban J connectivity index is -0.0000000721. The van der Waals surface area contributed by atoms with Crippen LogP contribution in [0.1, 0.15) is 64.2 Å². The number of carbonyl (C=O) groups excluding carboxylic acids is 10. The molecule has 0 aromatic rings. The molecule has 0 spiro atoms. The molecule has 0 aliphatic rings. The maximum atomic E-state index is 9.50. The van der Waals surface area contributed by atoms with Crippen LogP contribution in [-0.2, 0) is 85.1 Å². The molecule has 0 aromatic carbocycles. The van der Waals surface area contributed by atoms with Crippen LogP contribution in [0.4, 0.5) is 0 Å². The molecule has 0 atom stereocenters. The first-order valence-electron chi connectivity index (χ1n) is 10.1. The van der Waals surface area contributed by atoms with Crippen molar-refractivity contribution >= 4 is 59.7 Å². The van der Waals surface area contributed by atoms with Gasteiger partial charge in [-0.1, -0.05) is 0 Å². The van der Waals surface area contributed by atoms with Crippen LogP contribution in [0.25, 0.3) is 0 Å². The second-order valence-corrected chi connectivity index (χ2v) is 6.22. The van der Waals surface area contributed by atoms with Crippen LogP contribution in [0.3, 0.4) is 0 Å². The maximum Gasteiger partial charge on any atom is 5.00 e. The fraction of sp³-hybridized carbons (Fsp3) is 0.500. The molecule has 0 rings (SSSR count). The first-order valence-corrected chi connectivity index (χ1v) is 10.1. The minimum Gasteiger partial charge on any atom is -0.550 e. The molecule has 0 fully saturated rings. The van der Waals surface area contributed by atoms with Crippen molar-refractivity contribution in [1.29, 1.82) is 0 Å². The van der Waals surface area contributed by atoms with Gasteiger partial charge in [0.05, 0.1) is 0 Å². The summed E-state index contributed by atoms with van der Waals surface area (Å²) in [6.07, 6.45) is -4.70. The van der Waals surface area contributed by atoms with Gasteiger partial charge in [-0.05, 0) is 64.2 Å². The molecule has 0 saturated carbocycles. The van der Waals surface area contributed by atoms with Crippen molar-refractivity contribution < 1.29 is 136 Å². The minimum absolute atomic E-state index is 0. The van der Waals surface area contributed by atoms with Crippen LogP contribution in [0.15, 0.2) is 0 Å². The molecule has 0 aliphatic heterocycles. The van der Waals surface area contributed by atoms with E-state index in [9.17, 15) is 99.0 Å². The zero-order valence-corrected chi connectivity index (χ0v) is 23.9. The molecule has 0 bridgehead atoms. The molecular weight excluding hydrogens is 662 g/mol. The van der Waals surface area contributed by atoms with E-state index in [0.717, 1.165) is 0 Å². The van der Waals surface area contributed by atoms with Crippen molar-refractivity contribution in [3.05, 3.63) is 0 Å². The molecule has 0 aliphatic carbocycles. The van der Waals surface area contributed by atoms with Crippen molar-refractivity contribution in [2.75, 3.05) is 0 Å². The van der Waals surface area contributed by atoms with E-state index < -0.39 is 124 Å². The molecule has 0 N–H and O–H groups in total. The van der Waals surface area contributed by atoms with Gasteiger partial charge in [0.25, 0.3) is 0 Å². The smallest absolute Gasteiger partial charge is 0.550 e. The third-order valence-corrected chi connectivity index (χ3v) is 2.67. The van der Waals surface area contributed by atoms with Crippen molar-refractivity contribution in [2.24, 2.45) is 0 Å². The van der Waals surface area contributed by atoms with Gasteiger partial charge in [-0.3, -0.25) is 0 Å². The fourth-order valence-corrected chi connectivity index (χ4v) is 1.02. The van der Waals surface area contributed by atoms with E-state index in [1.807, 2.05) is 0 Å². The Kier molecular flexibility index (Phi) is 47.4. The van der Waals surface area contributed by atoms with Gasteiger partial charge in [-0.15, -0.1) is 0 Å². The van der Waals surface area contributed by atoms with Crippen LogP contribution in [-0.4, -0.2) is 59.7 Å². The van der Waals surface area contributed by atoms with Crippen LogP contribution < -0.4 is 51.1 Å². The van der Waals surface area contributed by atoms with Gasteiger partial charge in [-0.25, -0.2) is 0 Å². The number of rotatable bonds is 15. The van der Waals surface area contributed by atoms with Crippen LogP contribution in [0.5, 0.6) is 0 Å². The van der Waals surface area contributed by atoms with Gasteiger partial charge >= 0.3 is 37.1 Å². The van der Waals surface area contributed by atoms with Crippen LogP contribution in [0.2, 0.25) is 0 Å². The Morgan fingerprint density at radius 2 is 0.262 bits per heavy atom. The Morgan fingerprint density at radius 3 is 0.286 bits per heavy atom. The summed E-state index contributed by atoms with van der Waals surface area (Å²) in [7, 11) is 0. The summed E-state index contributed by atoms with van der Waals surface area (Å²) in [4.78, 5) is 95.0. The number of hydrogen-bond donors (Lipinski definition) is 0. The normalized spacial score (nSPS) is 8.10. The number of carboxylic acids is 10. The second kappa shape index (κ2) is 36.9. The molecule has 0 radical (unpaired) electrons. The third-order valence-electron chi connectivity index (χ3n) is 2.67. The summed E-state index contributed by atoms with van der Waals surface area (Å²) in [5.41, 5.74) is 0. The average Bonchev–Trinajstić information content (AvgIpc) is 2.79. The number of carbonyl (C=O) groups is 10. The zero-order chi connectivity index (χ0) is 32.8. The van der Waals surface area contributed by atoms with E-state index in [1.54, 1.807) is 0 Å². The average molecular weight is 682 g/mol. The quantitative estimate of drug-likeness (QED) is 0.155. The van der Waals surface area contributed by atoms with Gasteiger partial charge < -0.3 is 99.0 Å². The Labute approximate surface area is 259 Å². The van der Waals surface area contributed by atoms with Gasteiger partial charge in [0, 0.05) is 59.7 Å². The van der Waals surface area contributed by atoms with E-state index in [0.29, 0.717) is 0 Å².